The van der Waals surface area contributed by atoms with Gasteiger partial charge in [0.05, 0.1) is 0 Å². The Kier molecular flexibility index (Phi) is 5.73. The van der Waals surface area contributed by atoms with Gasteiger partial charge in [-0.15, -0.1) is 0 Å². The highest BCUT2D eigenvalue weighted by Crippen LogP contribution is 2.33. The molecule has 1 aromatic rings. The molecule has 0 heterocycles. The molecule has 1 unspecified atom stereocenters. The SMILES string of the molecule is CCCCC(CC)(CN)Cc1cc(F)ccc1F. The Balaban J connectivity index is 2.91. The number of hydrogen-bond donors (Lipinski definition) is 1. The van der Waals surface area contributed by atoms with Gasteiger partial charge in [0.1, 0.15) is 11.6 Å². The molecular formula is C15H23F2N. The highest BCUT2D eigenvalue weighted by atomic mass is 19.1. The molecule has 0 aliphatic rings. The zero-order valence-electron chi connectivity index (χ0n) is 11.3. The molecule has 0 aromatic heterocycles. The Labute approximate surface area is 108 Å². The average molecular weight is 255 g/mol. The molecule has 0 aliphatic heterocycles. The van der Waals surface area contributed by atoms with Crippen molar-refractivity contribution in [1.82, 2.24) is 0 Å². The van der Waals surface area contributed by atoms with E-state index in [4.69, 9.17) is 5.73 Å². The second-order valence-corrected chi connectivity index (χ2v) is 5.07. The van der Waals surface area contributed by atoms with Gasteiger partial charge in [-0.05, 0) is 55.0 Å². The Bertz CT molecular complexity index is 373. The first-order valence-corrected chi connectivity index (χ1v) is 6.71. The summed E-state index contributed by atoms with van der Waals surface area (Å²) in [5, 5.41) is 0. The van der Waals surface area contributed by atoms with E-state index in [2.05, 4.69) is 13.8 Å². The molecular weight excluding hydrogens is 232 g/mol. The molecule has 0 bridgehead atoms. The van der Waals surface area contributed by atoms with E-state index in [-0.39, 0.29) is 17.0 Å². The normalized spacial score (nSPS) is 14.5. The van der Waals surface area contributed by atoms with Crippen LogP contribution in [0.25, 0.3) is 0 Å². The molecule has 0 saturated heterocycles. The maximum Gasteiger partial charge on any atom is 0.126 e. The standard InChI is InChI=1S/C15H23F2N/c1-3-5-8-15(4-2,11-18)10-12-9-13(16)6-7-14(12)17/h6-7,9H,3-5,8,10-11,18H2,1-2H3. The third-order valence-electron chi connectivity index (χ3n) is 3.82. The summed E-state index contributed by atoms with van der Waals surface area (Å²) in [7, 11) is 0. The number of rotatable bonds is 7. The summed E-state index contributed by atoms with van der Waals surface area (Å²) in [6, 6.07) is 3.64. The number of hydrogen-bond acceptors (Lipinski definition) is 1. The first kappa shape index (κ1) is 15.1. The van der Waals surface area contributed by atoms with Crippen molar-refractivity contribution in [2.45, 2.75) is 46.0 Å². The fourth-order valence-corrected chi connectivity index (χ4v) is 2.34. The lowest BCUT2D eigenvalue weighted by atomic mass is 9.75. The van der Waals surface area contributed by atoms with Crippen molar-refractivity contribution in [2.24, 2.45) is 11.1 Å². The second-order valence-electron chi connectivity index (χ2n) is 5.07. The van der Waals surface area contributed by atoms with Gasteiger partial charge in [-0.1, -0.05) is 26.7 Å². The van der Waals surface area contributed by atoms with E-state index in [1.807, 2.05) is 0 Å². The van der Waals surface area contributed by atoms with E-state index in [0.29, 0.717) is 18.5 Å². The van der Waals surface area contributed by atoms with E-state index in [1.54, 1.807) is 0 Å². The second kappa shape index (κ2) is 6.83. The third-order valence-corrected chi connectivity index (χ3v) is 3.82. The summed E-state index contributed by atoms with van der Waals surface area (Å²) in [5.41, 5.74) is 6.22. The molecule has 102 valence electrons. The van der Waals surface area contributed by atoms with Crippen molar-refractivity contribution in [3.05, 3.63) is 35.4 Å². The zero-order valence-corrected chi connectivity index (χ0v) is 11.3. The minimum atomic E-state index is -0.385. The van der Waals surface area contributed by atoms with Crippen LogP contribution in [-0.2, 0) is 6.42 Å². The van der Waals surface area contributed by atoms with Gasteiger partial charge in [-0.3, -0.25) is 0 Å². The smallest absolute Gasteiger partial charge is 0.126 e. The van der Waals surface area contributed by atoms with Gasteiger partial charge in [-0.25, -0.2) is 8.78 Å². The summed E-state index contributed by atoms with van der Waals surface area (Å²) >= 11 is 0. The number of halogens is 2. The van der Waals surface area contributed by atoms with Crippen molar-refractivity contribution >= 4 is 0 Å². The van der Waals surface area contributed by atoms with Crippen LogP contribution in [0.15, 0.2) is 18.2 Å². The Morgan fingerprint density at radius 3 is 2.50 bits per heavy atom. The fourth-order valence-electron chi connectivity index (χ4n) is 2.34. The topological polar surface area (TPSA) is 26.0 Å². The van der Waals surface area contributed by atoms with Crippen LogP contribution >= 0.6 is 0 Å². The average Bonchev–Trinajstić information content (AvgIpc) is 2.39. The van der Waals surface area contributed by atoms with Crippen LogP contribution in [0.5, 0.6) is 0 Å². The quantitative estimate of drug-likeness (QED) is 0.781. The van der Waals surface area contributed by atoms with Gasteiger partial charge >= 0.3 is 0 Å². The molecule has 0 aliphatic carbocycles. The molecule has 2 N–H and O–H groups in total. The Hall–Kier alpha value is -0.960. The summed E-state index contributed by atoms with van der Waals surface area (Å²) < 4.78 is 26.9. The molecule has 1 atom stereocenters. The highest BCUT2D eigenvalue weighted by molar-refractivity contribution is 5.20. The minimum Gasteiger partial charge on any atom is -0.330 e. The molecule has 1 aromatic carbocycles. The lowest BCUT2D eigenvalue weighted by Crippen LogP contribution is -2.32. The van der Waals surface area contributed by atoms with E-state index < -0.39 is 0 Å². The van der Waals surface area contributed by atoms with Crippen molar-refractivity contribution in [2.75, 3.05) is 6.54 Å². The van der Waals surface area contributed by atoms with Crippen molar-refractivity contribution in [3.63, 3.8) is 0 Å². The van der Waals surface area contributed by atoms with E-state index in [9.17, 15) is 8.78 Å². The summed E-state index contributed by atoms with van der Waals surface area (Å²) in [4.78, 5) is 0. The zero-order chi connectivity index (χ0) is 13.6. The molecule has 1 nitrogen and oxygen atoms in total. The van der Waals surface area contributed by atoms with Gasteiger partial charge in [0, 0.05) is 0 Å². The van der Waals surface area contributed by atoms with Gasteiger partial charge in [0.2, 0.25) is 0 Å². The van der Waals surface area contributed by atoms with E-state index in [0.717, 1.165) is 31.7 Å². The van der Waals surface area contributed by atoms with Crippen LogP contribution in [0.3, 0.4) is 0 Å². The fraction of sp³-hybridized carbons (Fsp3) is 0.600. The first-order valence-electron chi connectivity index (χ1n) is 6.71. The summed E-state index contributed by atoms with van der Waals surface area (Å²) in [5.74, 6) is -0.719. The lowest BCUT2D eigenvalue weighted by Gasteiger charge is -2.32. The molecule has 0 saturated carbocycles. The number of benzene rings is 1. The number of nitrogens with two attached hydrogens (primary N) is 1. The molecule has 3 heteroatoms. The van der Waals surface area contributed by atoms with Crippen molar-refractivity contribution in [3.8, 4) is 0 Å². The van der Waals surface area contributed by atoms with Crippen molar-refractivity contribution in [1.29, 1.82) is 0 Å². The largest absolute Gasteiger partial charge is 0.330 e. The van der Waals surface area contributed by atoms with Gasteiger partial charge in [-0.2, -0.15) is 0 Å². The molecule has 18 heavy (non-hydrogen) atoms. The monoisotopic (exact) mass is 255 g/mol. The van der Waals surface area contributed by atoms with Crippen molar-refractivity contribution < 1.29 is 8.78 Å². The lowest BCUT2D eigenvalue weighted by molar-refractivity contribution is 0.248. The van der Waals surface area contributed by atoms with Crippen LogP contribution < -0.4 is 5.73 Å². The van der Waals surface area contributed by atoms with Crippen LogP contribution in [0.2, 0.25) is 0 Å². The molecule has 0 fully saturated rings. The van der Waals surface area contributed by atoms with Gasteiger partial charge in [0.15, 0.2) is 0 Å². The molecule has 0 radical (unpaired) electrons. The first-order chi connectivity index (χ1) is 8.56. The maximum absolute atomic E-state index is 13.7. The van der Waals surface area contributed by atoms with Gasteiger partial charge in [0.25, 0.3) is 0 Å². The predicted molar refractivity (Wildman–Crippen MR) is 71.4 cm³/mol. The Morgan fingerprint density at radius 1 is 1.22 bits per heavy atom. The third kappa shape index (κ3) is 3.77. The minimum absolute atomic E-state index is 0.107. The molecule has 1 rings (SSSR count). The van der Waals surface area contributed by atoms with E-state index in [1.165, 1.54) is 12.1 Å². The Morgan fingerprint density at radius 2 is 1.94 bits per heavy atom. The maximum atomic E-state index is 13.7. The van der Waals surface area contributed by atoms with E-state index >= 15 is 0 Å². The van der Waals surface area contributed by atoms with Crippen LogP contribution in [-0.4, -0.2) is 6.54 Å². The molecule has 0 spiro atoms. The van der Waals surface area contributed by atoms with Crippen LogP contribution in [0.4, 0.5) is 8.78 Å². The number of unbranched alkanes of at least 4 members (excludes halogenated alkanes) is 1. The highest BCUT2D eigenvalue weighted by Gasteiger charge is 2.27. The molecule has 0 amide bonds. The predicted octanol–water partition coefficient (Wildman–Crippen LogP) is 4.05. The van der Waals surface area contributed by atoms with Crippen LogP contribution in [0.1, 0.15) is 45.1 Å². The van der Waals surface area contributed by atoms with Crippen LogP contribution in [0, 0.1) is 17.0 Å². The summed E-state index contributed by atoms with van der Waals surface area (Å²) in [6.07, 6.45) is 4.53. The summed E-state index contributed by atoms with van der Waals surface area (Å²) in [6.45, 7) is 4.71. The van der Waals surface area contributed by atoms with Gasteiger partial charge < -0.3 is 5.73 Å².